The van der Waals surface area contributed by atoms with Crippen molar-refractivity contribution in [1.29, 1.82) is 0 Å². The van der Waals surface area contributed by atoms with Gasteiger partial charge in [-0.15, -0.1) is 0 Å². The number of aliphatic hydroxyl groups is 1. The minimum atomic E-state index is -0.169. The monoisotopic (exact) mass is 268 g/mol. The van der Waals surface area contributed by atoms with Crippen LogP contribution in [-0.4, -0.2) is 28.6 Å². The number of aliphatic hydroxyl groups excluding tert-OH is 1. The highest BCUT2D eigenvalue weighted by Crippen LogP contribution is 2.23. The highest BCUT2D eigenvalue weighted by atomic mass is 35.5. The van der Waals surface area contributed by atoms with Crippen molar-refractivity contribution in [3.63, 3.8) is 0 Å². The zero-order chi connectivity index (χ0) is 13.0. The third-order valence-electron chi connectivity index (χ3n) is 3.33. The summed E-state index contributed by atoms with van der Waals surface area (Å²) in [7, 11) is 0. The molecule has 1 aromatic rings. The third-order valence-corrected chi connectivity index (χ3v) is 3.55. The van der Waals surface area contributed by atoms with E-state index in [9.17, 15) is 9.90 Å². The first kappa shape index (κ1) is 13.3. The van der Waals surface area contributed by atoms with Crippen LogP contribution in [0.1, 0.15) is 36.2 Å². The Bertz CT molecular complexity index is 400. The maximum atomic E-state index is 11.8. The van der Waals surface area contributed by atoms with Crippen molar-refractivity contribution in [1.82, 2.24) is 10.3 Å². The van der Waals surface area contributed by atoms with Crippen LogP contribution in [0.15, 0.2) is 18.3 Å². The highest BCUT2D eigenvalue weighted by molar-refractivity contribution is 6.30. The summed E-state index contributed by atoms with van der Waals surface area (Å²) < 4.78 is 0. The Morgan fingerprint density at radius 3 is 2.72 bits per heavy atom. The molecule has 5 heteroatoms. The lowest BCUT2D eigenvalue weighted by molar-refractivity contribution is 0.0906. The fourth-order valence-corrected chi connectivity index (χ4v) is 2.30. The molecule has 1 fully saturated rings. The second-order valence-corrected chi connectivity index (χ2v) is 5.18. The van der Waals surface area contributed by atoms with E-state index < -0.39 is 0 Å². The van der Waals surface area contributed by atoms with Crippen molar-refractivity contribution in [3.8, 4) is 0 Å². The number of pyridine rings is 1. The van der Waals surface area contributed by atoms with Gasteiger partial charge in [-0.05, 0) is 43.7 Å². The molecule has 1 aliphatic rings. The maximum Gasteiger partial charge on any atom is 0.269 e. The molecule has 0 aliphatic heterocycles. The van der Waals surface area contributed by atoms with Gasteiger partial charge in [0.05, 0.1) is 11.1 Å². The Kier molecular flexibility index (Phi) is 4.55. The number of halogens is 1. The number of hydrogen-bond donors (Lipinski definition) is 2. The zero-order valence-corrected chi connectivity index (χ0v) is 10.9. The molecule has 1 amide bonds. The molecular formula is C13H17ClN2O2. The third kappa shape index (κ3) is 3.68. The molecule has 1 heterocycles. The molecule has 2 rings (SSSR count). The lowest BCUT2D eigenvalue weighted by Crippen LogP contribution is -2.32. The second-order valence-electron chi connectivity index (χ2n) is 4.75. The number of rotatable bonds is 3. The van der Waals surface area contributed by atoms with Crippen molar-refractivity contribution < 1.29 is 9.90 Å². The molecule has 0 unspecified atom stereocenters. The van der Waals surface area contributed by atoms with Gasteiger partial charge in [-0.1, -0.05) is 11.6 Å². The van der Waals surface area contributed by atoms with Crippen LogP contribution in [0, 0.1) is 5.92 Å². The molecule has 0 saturated heterocycles. The summed E-state index contributed by atoms with van der Waals surface area (Å²) in [6.45, 7) is 0.649. The first-order valence-electron chi connectivity index (χ1n) is 6.23. The van der Waals surface area contributed by atoms with E-state index in [1.54, 1.807) is 12.1 Å². The Morgan fingerprint density at radius 1 is 1.39 bits per heavy atom. The van der Waals surface area contributed by atoms with Crippen LogP contribution in [-0.2, 0) is 0 Å². The topological polar surface area (TPSA) is 62.2 Å². The fraction of sp³-hybridized carbons (Fsp3) is 0.538. The maximum absolute atomic E-state index is 11.8. The van der Waals surface area contributed by atoms with Gasteiger partial charge in [0, 0.05) is 12.7 Å². The molecule has 2 N–H and O–H groups in total. The highest BCUT2D eigenvalue weighted by Gasteiger charge is 2.20. The summed E-state index contributed by atoms with van der Waals surface area (Å²) >= 11 is 5.71. The molecule has 1 saturated carbocycles. The van der Waals surface area contributed by atoms with Crippen molar-refractivity contribution in [2.75, 3.05) is 6.54 Å². The Balaban J connectivity index is 1.79. The van der Waals surface area contributed by atoms with Gasteiger partial charge in [-0.25, -0.2) is 4.98 Å². The Hall–Kier alpha value is -1.13. The van der Waals surface area contributed by atoms with E-state index in [4.69, 9.17) is 11.6 Å². The summed E-state index contributed by atoms with van der Waals surface area (Å²) in [6, 6.07) is 3.27. The number of nitrogens with zero attached hydrogens (tertiary/aromatic N) is 1. The number of carbonyl (C=O) groups excluding carboxylic acids is 1. The van der Waals surface area contributed by atoms with Crippen LogP contribution in [0.4, 0.5) is 0 Å². The minimum absolute atomic E-state index is 0.158. The van der Waals surface area contributed by atoms with E-state index in [2.05, 4.69) is 10.3 Å². The van der Waals surface area contributed by atoms with E-state index >= 15 is 0 Å². The van der Waals surface area contributed by atoms with Crippen molar-refractivity contribution >= 4 is 17.5 Å². The second kappa shape index (κ2) is 6.16. The predicted octanol–water partition coefficient (Wildman–Crippen LogP) is 2.02. The van der Waals surface area contributed by atoms with Crippen LogP contribution in [0.5, 0.6) is 0 Å². The van der Waals surface area contributed by atoms with Gasteiger partial charge in [0.1, 0.15) is 5.69 Å². The van der Waals surface area contributed by atoms with Crippen LogP contribution in [0.2, 0.25) is 5.02 Å². The van der Waals surface area contributed by atoms with Gasteiger partial charge >= 0.3 is 0 Å². The summed E-state index contributed by atoms with van der Waals surface area (Å²) in [6.07, 6.45) is 4.91. The van der Waals surface area contributed by atoms with Crippen LogP contribution < -0.4 is 5.32 Å². The predicted molar refractivity (Wildman–Crippen MR) is 69.5 cm³/mol. The molecule has 1 aliphatic carbocycles. The van der Waals surface area contributed by atoms with Crippen molar-refractivity contribution in [3.05, 3.63) is 29.0 Å². The quantitative estimate of drug-likeness (QED) is 0.882. The molecule has 0 radical (unpaired) electrons. The molecule has 98 valence electrons. The standard InChI is InChI=1S/C13H17ClN2O2/c14-10-3-6-12(15-8-10)13(18)16-7-9-1-4-11(17)5-2-9/h3,6,8-9,11,17H,1-2,4-5,7H2,(H,16,18). The smallest absolute Gasteiger partial charge is 0.269 e. The molecule has 18 heavy (non-hydrogen) atoms. The van der Waals surface area contributed by atoms with E-state index in [0.717, 1.165) is 25.7 Å². The normalized spacial score (nSPS) is 23.7. The average molecular weight is 269 g/mol. The van der Waals surface area contributed by atoms with Crippen LogP contribution >= 0.6 is 11.6 Å². The summed E-state index contributed by atoms with van der Waals surface area (Å²) in [5, 5.41) is 12.8. The Labute approximate surface area is 111 Å². The largest absolute Gasteiger partial charge is 0.393 e. The van der Waals surface area contributed by atoms with Gasteiger partial charge < -0.3 is 10.4 Å². The summed E-state index contributed by atoms with van der Waals surface area (Å²) in [5.41, 5.74) is 0.384. The molecule has 0 aromatic carbocycles. The zero-order valence-electron chi connectivity index (χ0n) is 10.1. The van der Waals surface area contributed by atoms with Crippen LogP contribution in [0.3, 0.4) is 0 Å². The molecule has 0 bridgehead atoms. The van der Waals surface area contributed by atoms with Gasteiger partial charge in [0.2, 0.25) is 0 Å². The Morgan fingerprint density at radius 2 is 2.11 bits per heavy atom. The number of amides is 1. The van der Waals surface area contributed by atoms with Gasteiger partial charge in [-0.2, -0.15) is 0 Å². The first-order valence-corrected chi connectivity index (χ1v) is 6.61. The number of aromatic nitrogens is 1. The van der Waals surface area contributed by atoms with Gasteiger partial charge in [0.15, 0.2) is 0 Å². The summed E-state index contributed by atoms with van der Waals surface area (Å²) in [4.78, 5) is 15.8. The van der Waals surface area contributed by atoms with E-state index in [1.807, 2.05) is 0 Å². The molecule has 1 aromatic heterocycles. The van der Waals surface area contributed by atoms with E-state index in [-0.39, 0.29) is 12.0 Å². The summed E-state index contributed by atoms with van der Waals surface area (Å²) in [5.74, 6) is 0.294. The average Bonchev–Trinajstić information content (AvgIpc) is 2.38. The number of hydrogen-bond acceptors (Lipinski definition) is 3. The lowest BCUT2D eigenvalue weighted by Gasteiger charge is -2.25. The first-order chi connectivity index (χ1) is 8.65. The molecule has 4 nitrogen and oxygen atoms in total. The molecular weight excluding hydrogens is 252 g/mol. The lowest BCUT2D eigenvalue weighted by atomic mass is 9.87. The molecule has 0 atom stereocenters. The van der Waals surface area contributed by atoms with Crippen LogP contribution in [0.25, 0.3) is 0 Å². The SMILES string of the molecule is O=C(NCC1CCC(O)CC1)c1ccc(Cl)cn1. The van der Waals surface area contributed by atoms with Gasteiger partial charge in [-0.3, -0.25) is 4.79 Å². The minimum Gasteiger partial charge on any atom is -0.393 e. The van der Waals surface area contributed by atoms with E-state index in [0.29, 0.717) is 23.2 Å². The van der Waals surface area contributed by atoms with E-state index in [1.165, 1.54) is 6.20 Å². The van der Waals surface area contributed by atoms with Gasteiger partial charge in [0.25, 0.3) is 5.91 Å². The number of carbonyl (C=O) groups is 1. The number of nitrogens with one attached hydrogen (secondary N) is 1. The van der Waals surface area contributed by atoms with Crippen molar-refractivity contribution in [2.45, 2.75) is 31.8 Å². The fourth-order valence-electron chi connectivity index (χ4n) is 2.19. The van der Waals surface area contributed by atoms with Crippen molar-refractivity contribution in [2.24, 2.45) is 5.92 Å². The molecule has 0 spiro atoms.